The van der Waals surface area contributed by atoms with Crippen LogP contribution >= 0.6 is 11.3 Å². The Morgan fingerprint density at radius 2 is 2.27 bits per heavy atom. The van der Waals surface area contributed by atoms with Crippen LogP contribution in [0.2, 0.25) is 0 Å². The Labute approximate surface area is 94.1 Å². The van der Waals surface area contributed by atoms with Crippen molar-refractivity contribution in [3.8, 4) is 11.8 Å². The first-order valence-electron chi connectivity index (χ1n) is 5.01. The van der Waals surface area contributed by atoms with Crippen molar-refractivity contribution >= 4 is 21.4 Å². The van der Waals surface area contributed by atoms with Gasteiger partial charge in [0.05, 0.1) is 0 Å². The molecule has 0 saturated carbocycles. The van der Waals surface area contributed by atoms with E-state index >= 15 is 0 Å². The van der Waals surface area contributed by atoms with E-state index in [1.165, 1.54) is 10.1 Å². The number of hydrogen-bond donors (Lipinski definition) is 1. The molecule has 0 radical (unpaired) electrons. The third-order valence-electron chi connectivity index (χ3n) is 2.19. The van der Waals surface area contributed by atoms with Crippen LogP contribution < -0.4 is 5.32 Å². The fourth-order valence-corrected chi connectivity index (χ4v) is 2.17. The third kappa shape index (κ3) is 2.59. The molecule has 1 heterocycles. The summed E-state index contributed by atoms with van der Waals surface area (Å²) in [6.07, 6.45) is 0.901. The molecule has 0 unspecified atom stereocenters. The van der Waals surface area contributed by atoms with Crippen LogP contribution in [0.5, 0.6) is 0 Å². The number of benzene rings is 1. The zero-order valence-electron chi connectivity index (χ0n) is 8.71. The van der Waals surface area contributed by atoms with E-state index in [9.17, 15) is 0 Å². The molecule has 2 heteroatoms. The van der Waals surface area contributed by atoms with Crippen LogP contribution in [-0.4, -0.2) is 13.6 Å². The highest BCUT2D eigenvalue weighted by molar-refractivity contribution is 7.17. The van der Waals surface area contributed by atoms with Gasteiger partial charge in [0.25, 0.3) is 0 Å². The normalized spacial score (nSPS) is 9.93. The third-order valence-corrected chi connectivity index (χ3v) is 3.08. The zero-order valence-corrected chi connectivity index (χ0v) is 9.53. The van der Waals surface area contributed by atoms with Gasteiger partial charge in [-0.2, -0.15) is 0 Å². The van der Waals surface area contributed by atoms with Crippen LogP contribution in [0.1, 0.15) is 12.0 Å². The Morgan fingerprint density at radius 3 is 3.13 bits per heavy atom. The molecule has 1 aromatic heterocycles. The van der Waals surface area contributed by atoms with Gasteiger partial charge < -0.3 is 5.32 Å². The summed E-state index contributed by atoms with van der Waals surface area (Å²) < 4.78 is 1.33. The summed E-state index contributed by atoms with van der Waals surface area (Å²) >= 11 is 1.77. The van der Waals surface area contributed by atoms with Crippen molar-refractivity contribution < 1.29 is 0 Å². The minimum absolute atomic E-state index is 0.901. The van der Waals surface area contributed by atoms with Crippen LogP contribution in [0, 0.1) is 11.8 Å². The number of fused-ring (bicyclic) bond motifs is 1. The maximum absolute atomic E-state index is 3.18. The summed E-state index contributed by atoms with van der Waals surface area (Å²) in [7, 11) is 1.94. The van der Waals surface area contributed by atoms with Gasteiger partial charge in [-0.05, 0) is 42.1 Å². The quantitative estimate of drug-likeness (QED) is 0.600. The number of thiophene rings is 1. The fraction of sp³-hybridized carbons (Fsp3) is 0.231. The predicted molar refractivity (Wildman–Crippen MR) is 67.2 cm³/mol. The molecule has 1 aromatic carbocycles. The van der Waals surface area contributed by atoms with Crippen LogP contribution in [0.3, 0.4) is 0 Å². The molecule has 1 nitrogen and oxygen atoms in total. The van der Waals surface area contributed by atoms with Gasteiger partial charge in [-0.15, -0.1) is 11.3 Å². The molecule has 0 atom stereocenters. The first kappa shape index (κ1) is 10.2. The second-order valence-electron chi connectivity index (χ2n) is 3.33. The average Bonchev–Trinajstić information content (AvgIpc) is 2.71. The van der Waals surface area contributed by atoms with Crippen molar-refractivity contribution in [2.24, 2.45) is 0 Å². The first-order chi connectivity index (χ1) is 7.40. The lowest BCUT2D eigenvalue weighted by atomic mass is 10.2. The van der Waals surface area contributed by atoms with Gasteiger partial charge in [-0.25, -0.2) is 0 Å². The number of hydrogen-bond acceptors (Lipinski definition) is 2. The van der Waals surface area contributed by atoms with E-state index in [0.717, 1.165) is 18.5 Å². The van der Waals surface area contributed by atoms with Gasteiger partial charge in [0, 0.05) is 23.2 Å². The van der Waals surface area contributed by atoms with E-state index in [-0.39, 0.29) is 0 Å². The Morgan fingerprint density at radius 1 is 1.33 bits per heavy atom. The van der Waals surface area contributed by atoms with E-state index in [1.807, 2.05) is 7.05 Å². The average molecular weight is 215 g/mol. The van der Waals surface area contributed by atoms with Gasteiger partial charge in [0.15, 0.2) is 0 Å². The fourth-order valence-electron chi connectivity index (χ4n) is 1.40. The second kappa shape index (κ2) is 4.97. The van der Waals surface area contributed by atoms with Crippen molar-refractivity contribution in [1.82, 2.24) is 5.32 Å². The molecule has 0 saturated heterocycles. The monoisotopic (exact) mass is 215 g/mol. The molecular formula is C13H13NS. The highest BCUT2D eigenvalue weighted by Crippen LogP contribution is 2.21. The number of nitrogens with one attached hydrogen (secondary N) is 1. The lowest BCUT2D eigenvalue weighted by Crippen LogP contribution is -2.05. The smallest absolute Gasteiger partial charge is 0.0343 e. The molecule has 0 aliphatic rings. The van der Waals surface area contributed by atoms with E-state index in [1.54, 1.807) is 11.3 Å². The largest absolute Gasteiger partial charge is 0.319 e. The summed E-state index contributed by atoms with van der Waals surface area (Å²) in [5.74, 6) is 6.33. The molecule has 0 bridgehead atoms. The van der Waals surface area contributed by atoms with Gasteiger partial charge in [0.2, 0.25) is 0 Å². The molecule has 15 heavy (non-hydrogen) atoms. The summed E-state index contributed by atoms with van der Waals surface area (Å²) in [5, 5.41) is 6.48. The van der Waals surface area contributed by atoms with Gasteiger partial charge >= 0.3 is 0 Å². The lowest BCUT2D eigenvalue weighted by molar-refractivity contribution is 0.818. The van der Waals surface area contributed by atoms with Crippen LogP contribution in [0.15, 0.2) is 29.6 Å². The Balaban J connectivity index is 2.16. The molecule has 0 amide bonds. The summed E-state index contributed by atoms with van der Waals surface area (Å²) in [6.45, 7) is 0.952. The molecular weight excluding hydrogens is 202 g/mol. The predicted octanol–water partition coefficient (Wildman–Crippen LogP) is 2.86. The van der Waals surface area contributed by atoms with Crippen molar-refractivity contribution in [2.45, 2.75) is 6.42 Å². The molecule has 1 N–H and O–H groups in total. The minimum atomic E-state index is 0.901. The lowest BCUT2D eigenvalue weighted by Gasteiger charge is -1.91. The van der Waals surface area contributed by atoms with Gasteiger partial charge in [-0.1, -0.05) is 11.8 Å². The highest BCUT2D eigenvalue weighted by Gasteiger charge is 1.94. The Hall–Kier alpha value is -1.30. The maximum atomic E-state index is 3.18. The first-order valence-corrected chi connectivity index (χ1v) is 5.89. The zero-order chi connectivity index (χ0) is 10.5. The van der Waals surface area contributed by atoms with Crippen molar-refractivity contribution in [1.29, 1.82) is 0 Å². The Kier molecular flexibility index (Phi) is 3.39. The van der Waals surface area contributed by atoms with Crippen molar-refractivity contribution in [3.63, 3.8) is 0 Å². The van der Waals surface area contributed by atoms with Crippen molar-refractivity contribution in [3.05, 3.63) is 35.2 Å². The van der Waals surface area contributed by atoms with E-state index in [0.29, 0.717) is 0 Å². The number of rotatable bonds is 2. The SMILES string of the molecule is CNCCC#Cc1ccc2sccc2c1. The molecule has 2 aromatic rings. The van der Waals surface area contributed by atoms with Crippen LogP contribution in [-0.2, 0) is 0 Å². The minimum Gasteiger partial charge on any atom is -0.319 e. The van der Waals surface area contributed by atoms with E-state index in [2.05, 4.69) is 46.8 Å². The second-order valence-corrected chi connectivity index (χ2v) is 4.28. The van der Waals surface area contributed by atoms with Crippen LogP contribution in [0.25, 0.3) is 10.1 Å². The van der Waals surface area contributed by atoms with E-state index in [4.69, 9.17) is 0 Å². The Bertz CT molecular complexity index is 502. The standard InChI is InChI=1S/C13H13NS/c1-14-8-3-2-4-11-5-6-13-12(10-11)7-9-15-13/h5-7,9-10,14H,3,8H2,1H3. The molecule has 0 aliphatic heterocycles. The summed E-state index contributed by atoms with van der Waals surface area (Å²) in [4.78, 5) is 0. The molecule has 0 fully saturated rings. The van der Waals surface area contributed by atoms with Gasteiger partial charge in [0.1, 0.15) is 0 Å². The molecule has 0 aliphatic carbocycles. The highest BCUT2D eigenvalue weighted by atomic mass is 32.1. The van der Waals surface area contributed by atoms with Crippen molar-refractivity contribution in [2.75, 3.05) is 13.6 Å². The van der Waals surface area contributed by atoms with Gasteiger partial charge in [-0.3, -0.25) is 0 Å². The molecule has 76 valence electrons. The molecule has 0 spiro atoms. The van der Waals surface area contributed by atoms with Crippen LogP contribution in [0.4, 0.5) is 0 Å². The maximum Gasteiger partial charge on any atom is 0.0343 e. The summed E-state index contributed by atoms with van der Waals surface area (Å²) in [5.41, 5.74) is 1.11. The summed E-state index contributed by atoms with van der Waals surface area (Å²) in [6, 6.07) is 8.52. The molecule has 2 rings (SSSR count). The van der Waals surface area contributed by atoms with E-state index < -0.39 is 0 Å². The topological polar surface area (TPSA) is 12.0 Å².